The van der Waals surface area contributed by atoms with Crippen LogP contribution in [0.3, 0.4) is 0 Å². The van der Waals surface area contributed by atoms with E-state index in [1.165, 1.54) is 6.42 Å². The van der Waals surface area contributed by atoms with Gasteiger partial charge in [-0.15, -0.1) is 0 Å². The Bertz CT molecular complexity index is 659. The number of nitrogens with one attached hydrogen (secondary N) is 1. The minimum absolute atomic E-state index is 0.00488. The van der Waals surface area contributed by atoms with Gasteiger partial charge in [-0.05, 0) is 43.4 Å². The summed E-state index contributed by atoms with van der Waals surface area (Å²) in [5.74, 6) is 0.656. The predicted octanol–water partition coefficient (Wildman–Crippen LogP) is 2.89. The van der Waals surface area contributed by atoms with E-state index in [1.54, 1.807) is 24.8 Å². The highest BCUT2D eigenvalue weighted by atomic mass is 16.2. The normalized spacial score (nSPS) is 17.5. The van der Waals surface area contributed by atoms with Crippen molar-refractivity contribution in [3.8, 4) is 0 Å². The SMILES string of the molecule is CCC1CCCCN1C(=O)c1cnc(NCc2ccncc2)cn1. The first-order valence-electron chi connectivity index (χ1n) is 8.53. The highest BCUT2D eigenvalue weighted by molar-refractivity contribution is 5.92. The average Bonchev–Trinajstić information content (AvgIpc) is 2.67. The van der Waals surface area contributed by atoms with Crippen molar-refractivity contribution in [2.75, 3.05) is 11.9 Å². The summed E-state index contributed by atoms with van der Waals surface area (Å²) in [6.07, 6.45) is 11.1. The number of amides is 1. The van der Waals surface area contributed by atoms with E-state index in [9.17, 15) is 4.79 Å². The van der Waals surface area contributed by atoms with Crippen molar-refractivity contribution in [2.24, 2.45) is 0 Å². The van der Waals surface area contributed by atoms with Gasteiger partial charge >= 0.3 is 0 Å². The fraction of sp³-hybridized carbons (Fsp3) is 0.444. The van der Waals surface area contributed by atoms with Crippen molar-refractivity contribution in [1.82, 2.24) is 19.9 Å². The maximum Gasteiger partial charge on any atom is 0.274 e. The third-order valence-corrected chi connectivity index (χ3v) is 4.45. The summed E-state index contributed by atoms with van der Waals surface area (Å²) in [6, 6.07) is 4.22. The summed E-state index contributed by atoms with van der Waals surface area (Å²) in [4.78, 5) is 27.2. The topological polar surface area (TPSA) is 71.0 Å². The zero-order valence-corrected chi connectivity index (χ0v) is 14.0. The van der Waals surface area contributed by atoms with Crippen LogP contribution in [0, 0.1) is 0 Å². The smallest absolute Gasteiger partial charge is 0.274 e. The zero-order chi connectivity index (χ0) is 16.8. The van der Waals surface area contributed by atoms with Crippen LogP contribution in [0.1, 0.15) is 48.7 Å². The molecule has 3 rings (SSSR count). The van der Waals surface area contributed by atoms with Gasteiger partial charge in [-0.1, -0.05) is 6.92 Å². The van der Waals surface area contributed by atoms with E-state index < -0.39 is 0 Å². The van der Waals surface area contributed by atoms with E-state index >= 15 is 0 Å². The monoisotopic (exact) mass is 325 g/mol. The number of hydrogen-bond acceptors (Lipinski definition) is 5. The Balaban J connectivity index is 1.62. The number of aromatic nitrogens is 3. The molecule has 0 bridgehead atoms. The number of carbonyl (C=O) groups is 1. The van der Waals surface area contributed by atoms with E-state index in [0.29, 0.717) is 24.1 Å². The first-order chi connectivity index (χ1) is 11.8. The molecule has 1 N–H and O–H groups in total. The fourth-order valence-corrected chi connectivity index (χ4v) is 3.06. The first kappa shape index (κ1) is 16.4. The lowest BCUT2D eigenvalue weighted by Crippen LogP contribution is -2.43. The molecule has 0 aliphatic carbocycles. The molecule has 6 heteroatoms. The van der Waals surface area contributed by atoms with E-state index in [-0.39, 0.29) is 5.91 Å². The first-order valence-corrected chi connectivity index (χ1v) is 8.53. The Morgan fingerprint density at radius 2 is 2.08 bits per heavy atom. The molecule has 0 spiro atoms. The number of nitrogens with zero attached hydrogens (tertiary/aromatic N) is 4. The standard InChI is InChI=1S/C18H23N5O/c1-2-15-5-3-4-10-23(15)18(24)16-12-22-17(13-20-16)21-11-14-6-8-19-9-7-14/h6-9,12-13,15H,2-5,10-11H2,1H3,(H,21,22). The van der Waals surface area contributed by atoms with Gasteiger partial charge in [-0.25, -0.2) is 9.97 Å². The molecule has 2 aromatic heterocycles. The number of rotatable bonds is 5. The van der Waals surface area contributed by atoms with Gasteiger partial charge < -0.3 is 10.2 Å². The summed E-state index contributed by atoms with van der Waals surface area (Å²) in [5.41, 5.74) is 1.54. The molecule has 0 radical (unpaired) electrons. The van der Waals surface area contributed by atoms with Crippen LogP contribution in [0.5, 0.6) is 0 Å². The highest BCUT2D eigenvalue weighted by Crippen LogP contribution is 2.21. The molecule has 24 heavy (non-hydrogen) atoms. The quantitative estimate of drug-likeness (QED) is 0.915. The number of hydrogen-bond donors (Lipinski definition) is 1. The van der Waals surface area contributed by atoms with Crippen molar-refractivity contribution in [3.63, 3.8) is 0 Å². The summed E-state index contributed by atoms with van der Waals surface area (Å²) >= 11 is 0. The van der Waals surface area contributed by atoms with Gasteiger partial charge in [-0.3, -0.25) is 9.78 Å². The van der Waals surface area contributed by atoms with Gasteiger partial charge in [0.1, 0.15) is 11.5 Å². The van der Waals surface area contributed by atoms with E-state index in [0.717, 1.165) is 31.4 Å². The molecule has 1 saturated heterocycles. The third kappa shape index (κ3) is 3.88. The number of piperidine rings is 1. The molecule has 1 aliphatic heterocycles. The average molecular weight is 325 g/mol. The van der Waals surface area contributed by atoms with Crippen LogP contribution < -0.4 is 5.32 Å². The molecule has 0 aromatic carbocycles. The molecule has 3 heterocycles. The van der Waals surface area contributed by atoms with Crippen LogP contribution in [0.15, 0.2) is 36.9 Å². The van der Waals surface area contributed by atoms with Crippen molar-refractivity contribution < 1.29 is 4.79 Å². The molecular formula is C18H23N5O. The molecule has 1 atom stereocenters. The van der Waals surface area contributed by atoms with Gasteiger partial charge in [-0.2, -0.15) is 0 Å². The van der Waals surface area contributed by atoms with E-state index in [4.69, 9.17) is 0 Å². The lowest BCUT2D eigenvalue weighted by Gasteiger charge is -2.34. The Hall–Kier alpha value is -2.50. The Morgan fingerprint density at radius 3 is 2.79 bits per heavy atom. The van der Waals surface area contributed by atoms with Crippen LogP contribution in [0.2, 0.25) is 0 Å². The van der Waals surface area contributed by atoms with Crippen molar-refractivity contribution in [2.45, 2.75) is 45.2 Å². The minimum Gasteiger partial charge on any atom is -0.365 e. The molecular weight excluding hydrogens is 302 g/mol. The number of pyridine rings is 1. The molecule has 0 saturated carbocycles. The molecule has 1 amide bonds. The summed E-state index contributed by atoms with van der Waals surface area (Å²) < 4.78 is 0. The number of anilines is 1. The van der Waals surface area contributed by atoms with Gasteiger partial charge in [0.2, 0.25) is 0 Å². The van der Waals surface area contributed by atoms with Gasteiger partial charge in [0.25, 0.3) is 5.91 Å². The second-order valence-corrected chi connectivity index (χ2v) is 6.05. The molecule has 6 nitrogen and oxygen atoms in total. The lowest BCUT2D eigenvalue weighted by atomic mass is 10.00. The number of likely N-dealkylation sites (tertiary alicyclic amines) is 1. The Morgan fingerprint density at radius 1 is 1.25 bits per heavy atom. The summed E-state index contributed by atoms with van der Waals surface area (Å²) in [5, 5.41) is 3.20. The Labute approximate surface area is 142 Å². The van der Waals surface area contributed by atoms with Crippen LogP contribution >= 0.6 is 0 Å². The number of carbonyl (C=O) groups excluding carboxylic acids is 1. The molecule has 2 aromatic rings. The Kier molecular flexibility index (Phi) is 5.36. The van der Waals surface area contributed by atoms with Crippen molar-refractivity contribution >= 4 is 11.7 Å². The second-order valence-electron chi connectivity index (χ2n) is 6.05. The minimum atomic E-state index is -0.00488. The van der Waals surface area contributed by atoms with Crippen molar-refractivity contribution in [3.05, 3.63) is 48.2 Å². The zero-order valence-electron chi connectivity index (χ0n) is 14.0. The highest BCUT2D eigenvalue weighted by Gasteiger charge is 2.26. The largest absolute Gasteiger partial charge is 0.365 e. The van der Waals surface area contributed by atoms with E-state index in [1.807, 2.05) is 17.0 Å². The maximum atomic E-state index is 12.7. The lowest BCUT2D eigenvalue weighted by molar-refractivity contribution is 0.0601. The van der Waals surface area contributed by atoms with Gasteiger partial charge in [0.15, 0.2) is 0 Å². The summed E-state index contributed by atoms with van der Waals surface area (Å²) in [6.45, 7) is 3.60. The van der Waals surface area contributed by atoms with Crippen LogP contribution in [-0.2, 0) is 6.54 Å². The molecule has 126 valence electrons. The van der Waals surface area contributed by atoms with Gasteiger partial charge in [0.05, 0.1) is 12.4 Å². The molecule has 1 unspecified atom stereocenters. The predicted molar refractivity (Wildman–Crippen MR) is 92.6 cm³/mol. The fourth-order valence-electron chi connectivity index (χ4n) is 3.06. The summed E-state index contributed by atoms with van der Waals surface area (Å²) in [7, 11) is 0. The molecule has 1 aliphatic rings. The van der Waals surface area contributed by atoms with E-state index in [2.05, 4.69) is 27.2 Å². The van der Waals surface area contributed by atoms with Gasteiger partial charge in [0, 0.05) is 31.5 Å². The van der Waals surface area contributed by atoms with Crippen LogP contribution in [0.4, 0.5) is 5.82 Å². The third-order valence-electron chi connectivity index (χ3n) is 4.45. The van der Waals surface area contributed by atoms with Crippen LogP contribution in [-0.4, -0.2) is 38.3 Å². The second kappa shape index (κ2) is 7.86. The maximum absolute atomic E-state index is 12.7. The van der Waals surface area contributed by atoms with Crippen molar-refractivity contribution in [1.29, 1.82) is 0 Å². The van der Waals surface area contributed by atoms with Crippen LogP contribution in [0.25, 0.3) is 0 Å². The molecule has 1 fully saturated rings.